The van der Waals surface area contributed by atoms with E-state index in [0.717, 1.165) is 9.52 Å². The van der Waals surface area contributed by atoms with E-state index in [1.807, 2.05) is 0 Å². The van der Waals surface area contributed by atoms with Crippen LogP contribution in [-0.4, -0.2) is 9.52 Å². The average molecular weight is 855 g/mol. The van der Waals surface area contributed by atoms with Gasteiger partial charge in [-0.3, -0.25) is 0 Å². The Kier molecular flexibility index (Phi) is 17.8. The largest absolute Gasteiger partial charge is 4.00 e. The van der Waals surface area contributed by atoms with Crippen molar-refractivity contribution in [2.45, 2.75) is 132 Å². The van der Waals surface area contributed by atoms with Gasteiger partial charge in [0.1, 0.15) is 0 Å². The molecule has 0 atom stereocenters. The third-order valence-electron chi connectivity index (χ3n) is 9.62. The fourth-order valence-electron chi connectivity index (χ4n) is 7.66. The molecule has 0 heterocycles. The van der Waals surface area contributed by atoms with Gasteiger partial charge in [-0.15, -0.1) is 69.1 Å². The van der Waals surface area contributed by atoms with Crippen LogP contribution in [0.1, 0.15) is 116 Å². The minimum Gasteiger partial charge on any atom is -1.00 e. The first-order valence-electron chi connectivity index (χ1n) is 18.8. The normalized spacial score (nSPS) is 11.7. The van der Waals surface area contributed by atoms with Crippen molar-refractivity contribution in [1.29, 1.82) is 0 Å². The van der Waals surface area contributed by atoms with Gasteiger partial charge in [-0.05, 0) is 55.0 Å². The SMILES string of the molecule is C[Si]C.Cc1cc2c(-c3cccc(C(C)(C)C)c3C(C)(C)C)cccc2[cH-]1.Cc1cc2c(-c3cccc(C(C)(C)C)c3C(C)(C)C)cccc2[cH-]1.[Cl-].[Cl-].[Zr+4]. The molecular formula is C50H64Cl2SiZr. The van der Waals surface area contributed by atoms with Crippen LogP contribution < -0.4 is 24.8 Å². The van der Waals surface area contributed by atoms with Crippen LogP contribution in [0, 0.1) is 13.8 Å². The summed E-state index contributed by atoms with van der Waals surface area (Å²) in [6.07, 6.45) is 0. The second-order valence-corrected chi connectivity index (χ2v) is 19.6. The minimum atomic E-state index is 0. The van der Waals surface area contributed by atoms with E-state index in [2.05, 4.69) is 207 Å². The van der Waals surface area contributed by atoms with Gasteiger partial charge < -0.3 is 24.8 Å². The molecule has 0 aromatic heterocycles. The van der Waals surface area contributed by atoms with E-state index < -0.39 is 0 Å². The smallest absolute Gasteiger partial charge is 1.00 e. The average Bonchev–Trinajstić information content (AvgIpc) is 3.60. The second kappa shape index (κ2) is 19.3. The summed E-state index contributed by atoms with van der Waals surface area (Å²) in [6.45, 7) is 36.5. The van der Waals surface area contributed by atoms with Crippen LogP contribution >= 0.6 is 0 Å². The Labute approximate surface area is 363 Å². The first-order valence-corrected chi connectivity index (χ1v) is 20.8. The number of fused-ring (bicyclic) bond motifs is 2. The van der Waals surface area contributed by atoms with Crippen molar-refractivity contribution in [3.05, 3.63) is 130 Å². The summed E-state index contributed by atoms with van der Waals surface area (Å²) in [4.78, 5) is 0. The van der Waals surface area contributed by atoms with Crippen molar-refractivity contribution in [2.75, 3.05) is 0 Å². The Morgan fingerprint density at radius 2 is 0.704 bits per heavy atom. The predicted molar refractivity (Wildman–Crippen MR) is 232 cm³/mol. The molecule has 0 spiro atoms. The molecule has 4 heteroatoms. The number of benzene rings is 4. The van der Waals surface area contributed by atoms with E-state index in [1.54, 1.807) is 0 Å². The monoisotopic (exact) mass is 852 g/mol. The molecule has 0 saturated heterocycles. The van der Waals surface area contributed by atoms with Crippen LogP contribution in [0.5, 0.6) is 0 Å². The molecule has 6 rings (SSSR count). The second-order valence-electron chi connectivity index (χ2n) is 18.6. The van der Waals surface area contributed by atoms with Crippen LogP contribution in [0.15, 0.2) is 97.1 Å². The maximum absolute atomic E-state index is 2.33. The number of rotatable bonds is 2. The zero-order valence-electron chi connectivity index (χ0n) is 36.0. The van der Waals surface area contributed by atoms with Crippen LogP contribution in [0.25, 0.3) is 43.8 Å². The third kappa shape index (κ3) is 11.4. The van der Waals surface area contributed by atoms with Crippen molar-refractivity contribution < 1.29 is 51.0 Å². The Balaban J connectivity index is 0.000000479. The van der Waals surface area contributed by atoms with Crippen LogP contribution in [0.3, 0.4) is 0 Å². The first kappa shape index (κ1) is 49.8. The number of halogens is 2. The van der Waals surface area contributed by atoms with E-state index in [9.17, 15) is 0 Å². The number of hydrogen-bond donors (Lipinski definition) is 0. The fraction of sp³-hybridized carbons (Fsp3) is 0.400. The Morgan fingerprint density at radius 1 is 0.426 bits per heavy atom. The van der Waals surface area contributed by atoms with E-state index in [1.165, 1.54) is 77.2 Å². The molecule has 0 bridgehead atoms. The van der Waals surface area contributed by atoms with Gasteiger partial charge in [0.25, 0.3) is 0 Å². The van der Waals surface area contributed by atoms with E-state index in [0.29, 0.717) is 0 Å². The van der Waals surface area contributed by atoms with Gasteiger partial charge >= 0.3 is 26.2 Å². The molecule has 0 aliphatic rings. The van der Waals surface area contributed by atoms with Crippen molar-refractivity contribution in [3.63, 3.8) is 0 Å². The fourth-order valence-corrected chi connectivity index (χ4v) is 7.66. The van der Waals surface area contributed by atoms with Gasteiger partial charge in [0.2, 0.25) is 0 Å². The molecule has 6 aromatic rings. The molecule has 0 fully saturated rings. The van der Waals surface area contributed by atoms with E-state index in [-0.39, 0.29) is 72.7 Å². The van der Waals surface area contributed by atoms with Crippen LogP contribution in [0.4, 0.5) is 0 Å². The Morgan fingerprint density at radius 3 is 0.981 bits per heavy atom. The van der Waals surface area contributed by atoms with Gasteiger partial charge in [-0.25, -0.2) is 0 Å². The topological polar surface area (TPSA) is 0 Å². The van der Waals surface area contributed by atoms with Gasteiger partial charge in [-0.1, -0.05) is 170 Å². The summed E-state index contributed by atoms with van der Waals surface area (Å²) in [7, 11) is 1.08. The van der Waals surface area contributed by atoms with E-state index >= 15 is 0 Å². The van der Waals surface area contributed by atoms with Crippen molar-refractivity contribution in [3.8, 4) is 22.3 Å². The summed E-state index contributed by atoms with van der Waals surface area (Å²) in [6, 6.07) is 36.2. The Hall–Kier alpha value is -2.22. The molecule has 286 valence electrons. The molecule has 6 aromatic carbocycles. The quantitative estimate of drug-likeness (QED) is 0.121. The molecule has 0 aliphatic heterocycles. The molecule has 0 saturated carbocycles. The maximum atomic E-state index is 2.33. The first-order chi connectivity index (χ1) is 23.6. The number of hydrogen-bond acceptors (Lipinski definition) is 0. The summed E-state index contributed by atoms with van der Waals surface area (Å²) in [5, 5.41) is 5.41. The molecular weight excluding hydrogens is 791 g/mol. The molecule has 0 aliphatic carbocycles. The van der Waals surface area contributed by atoms with Gasteiger partial charge in [0.15, 0.2) is 0 Å². The zero-order valence-corrected chi connectivity index (χ0v) is 41.0. The summed E-state index contributed by atoms with van der Waals surface area (Å²) >= 11 is 0. The van der Waals surface area contributed by atoms with E-state index in [4.69, 9.17) is 0 Å². The predicted octanol–water partition coefficient (Wildman–Crippen LogP) is 9.05. The zero-order chi connectivity index (χ0) is 38.1. The molecule has 0 nitrogen and oxygen atoms in total. The van der Waals surface area contributed by atoms with Gasteiger partial charge in [0, 0.05) is 9.52 Å². The number of aryl methyl sites for hydroxylation is 2. The summed E-state index contributed by atoms with van der Waals surface area (Å²) in [5.41, 5.74) is 14.5. The Bertz CT molecular complexity index is 1950. The molecule has 0 unspecified atom stereocenters. The summed E-state index contributed by atoms with van der Waals surface area (Å²) < 4.78 is 0. The van der Waals surface area contributed by atoms with Gasteiger partial charge in [-0.2, -0.15) is 12.1 Å². The molecule has 0 amide bonds. The van der Waals surface area contributed by atoms with Gasteiger partial charge in [0.05, 0.1) is 0 Å². The van der Waals surface area contributed by atoms with Crippen LogP contribution in [-0.2, 0) is 47.9 Å². The third-order valence-corrected chi connectivity index (χ3v) is 9.62. The standard InChI is InChI=1S/2C24H29.C2H6Si.2ClH.Zr/c2*1-16-14-17-10-8-11-18(20(17)15-16)19-12-9-13-21(23(2,3)4)22(19)24(5,6)7;1-3-2;;;/h2*8-15H,1-7H3;1-2H3;2*1H;/q2*-1;;;;+4/p-2. The van der Waals surface area contributed by atoms with Crippen molar-refractivity contribution in [1.82, 2.24) is 0 Å². The minimum absolute atomic E-state index is 0. The molecule has 0 N–H and O–H groups in total. The van der Waals surface area contributed by atoms with Crippen LogP contribution in [0.2, 0.25) is 13.1 Å². The molecule has 54 heavy (non-hydrogen) atoms. The summed E-state index contributed by atoms with van der Waals surface area (Å²) in [5.74, 6) is 0. The maximum Gasteiger partial charge on any atom is 4.00 e. The van der Waals surface area contributed by atoms with Crippen molar-refractivity contribution >= 4 is 31.1 Å². The molecule has 2 radical (unpaired) electrons. The van der Waals surface area contributed by atoms with Crippen molar-refractivity contribution in [2.24, 2.45) is 0 Å².